The van der Waals surface area contributed by atoms with E-state index in [9.17, 15) is 21.2 Å². The number of halogens is 1. The quantitative estimate of drug-likeness (QED) is 0.595. The van der Waals surface area contributed by atoms with Crippen LogP contribution in [0.3, 0.4) is 0 Å². The molecule has 0 aromatic heterocycles. The fraction of sp³-hybridized carbons (Fsp3) is 0.143. The molecule has 0 saturated heterocycles. The van der Waals surface area contributed by atoms with Gasteiger partial charge >= 0.3 is 0 Å². The maximum absolute atomic E-state index is 13.4. The lowest BCUT2D eigenvalue weighted by molar-refractivity contribution is 0.417. The van der Waals surface area contributed by atoms with Crippen molar-refractivity contribution in [2.75, 3.05) is 13.3 Å². The number of hydrogen-bond acceptors (Lipinski definition) is 4. The summed E-state index contributed by atoms with van der Waals surface area (Å²) >= 11 is 0. The SMILES string of the molecule is CN(C(c1ccccc1)c1ccc(F)cc1)S(=O)(=O)c1ccc(S(C)(=O)=O)cc1. The van der Waals surface area contributed by atoms with E-state index in [1.165, 1.54) is 47.8 Å². The third-order valence-electron chi connectivity index (χ3n) is 4.59. The highest BCUT2D eigenvalue weighted by Crippen LogP contribution is 2.32. The standard InChI is InChI=1S/C21H20FNO4S2/c1-23(29(26,27)20-14-12-19(13-15-20)28(2,24)25)21(16-6-4-3-5-7-16)17-8-10-18(22)11-9-17/h3-15,21H,1-2H3. The maximum atomic E-state index is 13.4. The summed E-state index contributed by atoms with van der Waals surface area (Å²) in [4.78, 5) is 0.00712. The smallest absolute Gasteiger partial charge is 0.224 e. The minimum atomic E-state index is -3.96. The maximum Gasteiger partial charge on any atom is 0.243 e. The number of rotatable bonds is 6. The monoisotopic (exact) mass is 433 g/mol. The molecule has 0 heterocycles. The van der Waals surface area contributed by atoms with Gasteiger partial charge in [0.2, 0.25) is 10.0 Å². The minimum absolute atomic E-state index is 0.0320. The molecule has 0 aliphatic rings. The van der Waals surface area contributed by atoms with Gasteiger partial charge in [-0.1, -0.05) is 42.5 Å². The van der Waals surface area contributed by atoms with E-state index in [1.54, 1.807) is 36.4 Å². The van der Waals surface area contributed by atoms with Gasteiger partial charge in [-0.3, -0.25) is 0 Å². The van der Waals surface area contributed by atoms with Crippen LogP contribution in [0.25, 0.3) is 0 Å². The summed E-state index contributed by atoms with van der Waals surface area (Å²) < 4.78 is 64.4. The van der Waals surface area contributed by atoms with Crippen molar-refractivity contribution in [2.45, 2.75) is 15.8 Å². The summed E-state index contributed by atoms with van der Waals surface area (Å²) in [5, 5.41) is 0. The second-order valence-electron chi connectivity index (χ2n) is 6.63. The summed E-state index contributed by atoms with van der Waals surface area (Å²) in [5.41, 5.74) is 1.33. The molecule has 8 heteroatoms. The third-order valence-corrected chi connectivity index (χ3v) is 7.56. The Labute approximate surface area is 170 Å². The van der Waals surface area contributed by atoms with Gasteiger partial charge in [0.25, 0.3) is 0 Å². The normalized spacial score (nSPS) is 13.4. The molecule has 0 aliphatic carbocycles. The molecule has 29 heavy (non-hydrogen) atoms. The molecule has 3 aromatic carbocycles. The van der Waals surface area contributed by atoms with Crippen LogP contribution in [-0.2, 0) is 19.9 Å². The molecule has 0 N–H and O–H groups in total. The Morgan fingerprint density at radius 2 is 1.21 bits per heavy atom. The van der Waals surface area contributed by atoms with Crippen molar-refractivity contribution < 1.29 is 21.2 Å². The van der Waals surface area contributed by atoms with Crippen LogP contribution >= 0.6 is 0 Å². The summed E-state index contributed by atoms with van der Waals surface area (Å²) in [5.74, 6) is -0.414. The van der Waals surface area contributed by atoms with Crippen LogP contribution in [0.1, 0.15) is 17.2 Å². The predicted molar refractivity (Wildman–Crippen MR) is 109 cm³/mol. The lowest BCUT2D eigenvalue weighted by atomic mass is 9.99. The number of nitrogens with zero attached hydrogens (tertiary/aromatic N) is 1. The first-order chi connectivity index (χ1) is 13.6. The van der Waals surface area contributed by atoms with Crippen LogP contribution in [0.15, 0.2) is 88.7 Å². The largest absolute Gasteiger partial charge is 0.243 e. The molecule has 0 amide bonds. The fourth-order valence-corrected chi connectivity index (χ4v) is 5.02. The van der Waals surface area contributed by atoms with Gasteiger partial charge < -0.3 is 0 Å². The molecule has 3 rings (SSSR count). The molecule has 1 unspecified atom stereocenters. The zero-order valence-electron chi connectivity index (χ0n) is 15.9. The Morgan fingerprint density at radius 3 is 1.72 bits per heavy atom. The second kappa shape index (κ2) is 8.06. The molecule has 1 atom stereocenters. The molecule has 0 spiro atoms. The van der Waals surface area contributed by atoms with Crippen molar-refractivity contribution in [2.24, 2.45) is 0 Å². The van der Waals surface area contributed by atoms with Crippen LogP contribution in [0.2, 0.25) is 0 Å². The molecule has 0 bridgehead atoms. The molecule has 0 fully saturated rings. The molecule has 0 saturated carbocycles. The Hall–Kier alpha value is -2.55. The van der Waals surface area contributed by atoms with E-state index in [1.807, 2.05) is 6.07 Å². The lowest BCUT2D eigenvalue weighted by Crippen LogP contribution is -2.32. The van der Waals surface area contributed by atoms with Crippen LogP contribution in [0.5, 0.6) is 0 Å². The van der Waals surface area contributed by atoms with Gasteiger partial charge in [0.15, 0.2) is 9.84 Å². The van der Waals surface area contributed by atoms with E-state index >= 15 is 0 Å². The van der Waals surface area contributed by atoms with Crippen LogP contribution in [0.4, 0.5) is 4.39 Å². The van der Waals surface area contributed by atoms with Crippen molar-refractivity contribution in [1.82, 2.24) is 4.31 Å². The first kappa shape index (κ1) is 21.2. The Bertz CT molecular complexity index is 1190. The third kappa shape index (κ3) is 4.55. The van der Waals surface area contributed by atoms with Crippen molar-refractivity contribution in [3.05, 3.63) is 95.8 Å². The molecular weight excluding hydrogens is 413 g/mol. The average Bonchev–Trinajstić information content (AvgIpc) is 2.70. The molecular formula is C21H20FNO4S2. The molecule has 152 valence electrons. The van der Waals surface area contributed by atoms with E-state index in [-0.39, 0.29) is 9.79 Å². The van der Waals surface area contributed by atoms with E-state index in [2.05, 4.69) is 0 Å². The summed E-state index contributed by atoms with van der Waals surface area (Å²) in [7, 11) is -5.95. The minimum Gasteiger partial charge on any atom is -0.224 e. The molecule has 5 nitrogen and oxygen atoms in total. The fourth-order valence-electron chi connectivity index (χ4n) is 3.06. The van der Waals surface area contributed by atoms with E-state index < -0.39 is 31.7 Å². The highest BCUT2D eigenvalue weighted by atomic mass is 32.2. The lowest BCUT2D eigenvalue weighted by Gasteiger charge is -2.28. The van der Waals surface area contributed by atoms with Crippen LogP contribution < -0.4 is 0 Å². The number of sulfone groups is 1. The van der Waals surface area contributed by atoms with Crippen molar-refractivity contribution in [1.29, 1.82) is 0 Å². The van der Waals surface area contributed by atoms with Crippen molar-refractivity contribution >= 4 is 19.9 Å². The van der Waals surface area contributed by atoms with Gasteiger partial charge in [-0.05, 0) is 47.5 Å². The van der Waals surface area contributed by atoms with E-state index in [4.69, 9.17) is 0 Å². The highest BCUT2D eigenvalue weighted by Gasteiger charge is 2.30. The summed E-state index contributed by atoms with van der Waals surface area (Å²) in [6.45, 7) is 0. The van der Waals surface area contributed by atoms with Crippen molar-refractivity contribution in [3.63, 3.8) is 0 Å². The second-order valence-corrected chi connectivity index (χ2v) is 10.6. The van der Waals surface area contributed by atoms with E-state index in [0.29, 0.717) is 5.56 Å². The van der Waals surface area contributed by atoms with Gasteiger partial charge in [0.05, 0.1) is 15.8 Å². The number of sulfonamides is 1. The number of benzene rings is 3. The zero-order valence-corrected chi connectivity index (χ0v) is 17.5. The van der Waals surface area contributed by atoms with Gasteiger partial charge in [-0.25, -0.2) is 21.2 Å². The zero-order chi connectivity index (χ0) is 21.2. The molecule has 3 aromatic rings. The van der Waals surface area contributed by atoms with Crippen LogP contribution in [0, 0.1) is 5.82 Å². The topological polar surface area (TPSA) is 71.5 Å². The van der Waals surface area contributed by atoms with Gasteiger partial charge in [0, 0.05) is 13.3 Å². The predicted octanol–water partition coefficient (Wildman–Crippen LogP) is 3.64. The van der Waals surface area contributed by atoms with Crippen LogP contribution in [-0.4, -0.2) is 34.4 Å². The summed E-state index contributed by atoms with van der Waals surface area (Å²) in [6, 6.07) is 19.1. The Balaban J connectivity index is 2.07. The highest BCUT2D eigenvalue weighted by molar-refractivity contribution is 7.90. The van der Waals surface area contributed by atoms with E-state index in [0.717, 1.165) is 11.8 Å². The molecule has 0 aliphatic heterocycles. The number of hydrogen-bond donors (Lipinski definition) is 0. The van der Waals surface area contributed by atoms with Gasteiger partial charge in [0.1, 0.15) is 5.82 Å². The average molecular weight is 434 g/mol. The molecule has 0 radical (unpaired) electrons. The Morgan fingerprint density at radius 1 is 0.724 bits per heavy atom. The van der Waals surface area contributed by atoms with Gasteiger partial charge in [-0.15, -0.1) is 0 Å². The Kier molecular flexibility index (Phi) is 5.88. The first-order valence-corrected chi connectivity index (χ1v) is 12.0. The van der Waals surface area contributed by atoms with Gasteiger partial charge in [-0.2, -0.15) is 4.31 Å². The summed E-state index contributed by atoms with van der Waals surface area (Å²) in [6.07, 6.45) is 1.06. The van der Waals surface area contributed by atoms with Crippen molar-refractivity contribution in [3.8, 4) is 0 Å². The first-order valence-electron chi connectivity index (χ1n) is 8.69.